The number of aromatic nitrogens is 1. The van der Waals surface area contributed by atoms with Gasteiger partial charge in [0.15, 0.2) is 0 Å². The summed E-state index contributed by atoms with van der Waals surface area (Å²) in [5, 5.41) is 0.981. The number of thiol groups is 1. The monoisotopic (exact) mass is 311 g/mol. The summed E-state index contributed by atoms with van der Waals surface area (Å²) in [7, 11) is 0. The predicted octanol–water partition coefficient (Wildman–Crippen LogP) is 6.71. The van der Waals surface area contributed by atoms with E-state index in [1.165, 1.54) is 6.42 Å². The molecule has 0 saturated heterocycles. The maximum Gasteiger partial charge on any atom is 0.130 e. The Kier molecular flexibility index (Phi) is 22.0. The Morgan fingerprint density at radius 1 is 1.06 bits per heavy atom. The van der Waals surface area contributed by atoms with E-state index in [0.29, 0.717) is 10.2 Å². The van der Waals surface area contributed by atoms with Crippen molar-refractivity contribution in [2.75, 3.05) is 0 Å². The van der Waals surface area contributed by atoms with Crippen LogP contribution in [-0.2, 0) is 6.42 Å². The predicted molar refractivity (Wildman–Crippen MR) is 89.5 cm³/mol. The highest BCUT2D eigenvalue weighted by Crippen LogP contribution is 2.25. The van der Waals surface area contributed by atoms with Crippen molar-refractivity contribution in [1.82, 2.24) is 4.98 Å². The van der Waals surface area contributed by atoms with Gasteiger partial charge < -0.3 is 0 Å². The van der Waals surface area contributed by atoms with Crippen molar-refractivity contribution in [2.24, 2.45) is 0 Å². The largest absolute Gasteiger partial charge is 0.240 e. The van der Waals surface area contributed by atoms with E-state index in [-0.39, 0.29) is 0 Å². The molecule has 0 spiro atoms. The number of aryl methyl sites for hydroxylation is 1. The highest BCUT2D eigenvalue weighted by atomic mass is 35.5. The highest BCUT2D eigenvalue weighted by Gasteiger charge is 2.04. The molecular formula is C14H27Cl2NS. The Bertz CT molecular complexity index is 291. The summed E-state index contributed by atoms with van der Waals surface area (Å²) in [4.78, 5) is 4.78. The molecule has 0 aliphatic rings. The van der Waals surface area contributed by atoms with Gasteiger partial charge in [-0.2, -0.15) is 0 Å². The third-order valence-corrected chi connectivity index (χ3v) is 2.44. The molecule has 18 heavy (non-hydrogen) atoms. The normalized spacial score (nSPS) is 7.89. The van der Waals surface area contributed by atoms with E-state index < -0.39 is 0 Å². The summed E-state index contributed by atoms with van der Waals surface area (Å²) >= 11 is 15.7. The molecule has 0 saturated carbocycles. The van der Waals surface area contributed by atoms with Gasteiger partial charge in [-0.3, -0.25) is 0 Å². The van der Waals surface area contributed by atoms with Crippen LogP contribution < -0.4 is 0 Å². The fourth-order valence-electron chi connectivity index (χ4n) is 0.771. The van der Waals surface area contributed by atoms with E-state index in [1.807, 2.05) is 34.6 Å². The summed E-state index contributed by atoms with van der Waals surface area (Å²) in [5.41, 5.74) is 0.839. The van der Waals surface area contributed by atoms with Crippen molar-refractivity contribution < 1.29 is 0 Å². The minimum Gasteiger partial charge on any atom is -0.240 e. The number of nitrogens with zero attached hydrogens (tertiary/aromatic N) is 1. The molecule has 0 atom stereocenters. The maximum absolute atomic E-state index is 5.80. The average molecular weight is 312 g/mol. The molecule has 0 bridgehead atoms. The molecule has 1 aromatic heterocycles. The first-order valence-electron chi connectivity index (χ1n) is 6.60. The molecular weight excluding hydrogens is 285 g/mol. The van der Waals surface area contributed by atoms with Crippen LogP contribution in [0.25, 0.3) is 0 Å². The second-order valence-electron chi connectivity index (χ2n) is 2.78. The first-order valence-corrected chi connectivity index (χ1v) is 7.80. The highest BCUT2D eigenvalue weighted by molar-refractivity contribution is 7.80. The van der Waals surface area contributed by atoms with Gasteiger partial charge in [0.25, 0.3) is 0 Å². The van der Waals surface area contributed by atoms with Crippen LogP contribution in [0.3, 0.4) is 0 Å². The number of hydrogen-bond acceptors (Lipinski definition) is 2. The molecule has 0 unspecified atom stereocenters. The molecule has 0 amide bonds. The minimum atomic E-state index is 0.421. The molecule has 1 rings (SSSR count). The van der Waals surface area contributed by atoms with Crippen LogP contribution in [0.2, 0.25) is 10.2 Å². The van der Waals surface area contributed by atoms with Crippen LogP contribution in [0.1, 0.15) is 60.6 Å². The molecule has 0 fully saturated rings. The summed E-state index contributed by atoms with van der Waals surface area (Å²) in [5.74, 6) is 0. The number of rotatable bonds is 1. The standard InChI is InChI=1S/C7H7Cl2NS.C3H8.2C2H6/c1-2-5-7(11)4(8)3-6(9)10-5;1-3-2;2*1-2/h3,11H,2H2,1H3;3H2,1-2H3;2*1-2H3. The lowest BCUT2D eigenvalue weighted by Gasteiger charge is -2.02. The maximum atomic E-state index is 5.80. The lowest BCUT2D eigenvalue weighted by atomic mass is 10.3. The second kappa shape index (κ2) is 17.1. The van der Waals surface area contributed by atoms with Crippen LogP contribution in [0, 0.1) is 0 Å². The quantitative estimate of drug-likeness (QED) is 0.449. The second-order valence-corrected chi connectivity index (χ2v) is 4.02. The van der Waals surface area contributed by atoms with E-state index in [4.69, 9.17) is 23.2 Å². The fraction of sp³-hybridized carbons (Fsp3) is 0.643. The van der Waals surface area contributed by atoms with Crippen molar-refractivity contribution in [3.63, 3.8) is 0 Å². The summed E-state index contributed by atoms with van der Waals surface area (Å²) in [6.45, 7) is 14.2. The summed E-state index contributed by atoms with van der Waals surface area (Å²) in [6.07, 6.45) is 2.04. The minimum absolute atomic E-state index is 0.421. The van der Waals surface area contributed by atoms with Crippen molar-refractivity contribution in [1.29, 1.82) is 0 Å². The molecule has 108 valence electrons. The van der Waals surface area contributed by atoms with Gasteiger partial charge in [-0.15, -0.1) is 12.6 Å². The Morgan fingerprint density at radius 2 is 1.44 bits per heavy atom. The SMILES string of the molecule is CC.CC.CCC.CCc1nc(Cl)cc(Cl)c1S. The Balaban J connectivity index is -0.000000274. The zero-order valence-corrected chi connectivity index (χ0v) is 15.0. The van der Waals surface area contributed by atoms with Crippen LogP contribution in [0.5, 0.6) is 0 Å². The van der Waals surface area contributed by atoms with Crippen molar-refractivity contribution in [3.8, 4) is 0 Å². The fourth-order valence-corrected chi connectivity index (χ4v) is 1.52. The topological polar surface area (TPSA) is 12.9 Å². The molecule has 0 aliphatic carbocycles. The van der Waals surface area contributed by atoms with Crippen LogP contribution >= 0.6 is 35.8 Å². The first-order chi connectivity index (χ1) is 8.56. The third kappa shape index (κ3) is 11.2. The van der Waals surface area contributed by atoms with Gasteiger partial charge in [-0.1, -0.05) is 78.1 Å². The van der Waals surface area contributed by atoms with Gasteiger partial charge in [0.2, 0.25) is 0 Å². The van der Waals surface area contributed by atoms with E-state index >= 15 is 0 Å². The van der Waals surface area contributed by atoms with Crippen molar-refractivity contribution >= 4 is 35.8 Å². The van der Waals surface area contributed by atoms with Crippen LogP contribution in [0.15, 0.2) is 11.0 Å². The van der Waals surface area contributed by atoms with Crippen molar-refractivity contribution in [2.45, 2.75) is 66.2 Å². The van der Waals surface area contributed by atoms with E-state index in [1.54, 1.807) is 6.07 Å². The number of hydrogen-bond donors (Lipinski definition) is 1. The lowest BCUT2D eigenvalue weighted by Crippen LogP contribution is -1.90. The van der Waals surface area contributed by atoms with E-state index in [9.17, 15) is 0 Å². The van der Waals surface area contributed by atoms with Crippen molar-refractivity contribution in [3.05, 3.63) is 21.9 Å². The van der Waals surface area contributed by atoms with Gasteiger partial charge in [0, 0.05) is 4.90 Å². The Hall–Kier alpha value is 0.0800. The van der Waals surface area contributed by atoms with E-state index in [2.05, 4.69) is 31.5 Å². The molecule has 0 N–H and O–H groups in total. The number of pyridine rings is 1. The number of halogens is 2. The van der Waals surface area contributed by atoms with E-state index in [0.717, 1.165) is 17.0 Å². The third-order valence-electron chi connectivity index (χ3n) is 1.32. The van der Waals surface area contributed by atoms with Gasteiger partial charge in [-0.25, -0.2) is 4.98 Å². The zero-order valence-electron chi connectivity index (χ0n) is 12.6. The first kappa shape index (κ1) is 23.2. The smallest absolute Gasteiger partial charge is 0.130 e. The molecule has 4 heteroatoms. The Labute approximate surface area is 129 Å². The zero-order chi connectivity index (χ0) is 15.1. The van der Waals surface area contributed by atoms with Gasteiger partial charge >= 0.3 is 0 Å². The van der Waals surface area contributed by atoms with Crippen LogP contribution in [0.4, 0.5) is 0 Å². The molecule has 1 nitrogen and oxygen atoms in total. The van der Waals surface area contributed by atoms with Crippen LogP contribution in [-0.4, -0.2) is 4.98 Å². The molecule has 0 aliphatic heterocycles. The molecule has 1 aromatic rings. The summed E-state index contributed by atoms with van der Waals surface area (Å²) < 4.78 is 0. The van der Waals surface area contributed by atoms with Gasteiger partial charge in [0.05, 0.1) is 10.7 Å². The van der Waals surface area contributed by atoms with Gasteiger partial charge in [0.1, 0.15) is 5.15 Å². The molecule has 0 radical (unpaired) electrons. The average Bonchev–Trinajstić information content (AvgIpc) is 2.39. The Morgan fingerprint density at radius 3 is 1.78 bits per heavy atom. The molecule has 0 aromatic carbocycles. The summed E-state index contributed by atoms with van der Waals surface area (Å²) in [6, 6.07) is 1.59. The van der Waals surface area contributed by atoms with Gasteiger partial charge in [-0.05, 0) is 12.5 Å². The molecule has 1 heterocycles. The lowest BCUT2D eigenvalue weighted by molar-refractivity contribution is 0.983.